The molecule has 1 aliphatic rings. The number of benzene rings is 1. The molecule has 3 rings (SSSR count). The van der Waals surface area contributed by atoms with E-state index in [1.165, 1.54) is 17.8 Å². The summed E-state index contributed by atoms with van der Waals surface area (Å²) >= 11 is 0. The molecule has 2 aromatic rings. The van der Waals surface area contributed by atoms with Crippen LogP contribution in [0.5, 0.6) is 0 Å². The van der Waals surface area contributed by atoms with Gasteiger partial charge in [-0.05, 0) is 23.6 Å². The summed E-state index contributed by atoms with van der Waals surface area (Å²) in [5.74, 6) is 0.508. The van der Waals surface area contributed by atoms with E-state index < -0.39 is 11.9 Å². The Hall–Kier alpha value is -1.88. The van der Waals surface area contributed by atoms with Crippen molar-refractivity contribution in [2.45, 2.75) is 31.1 Å². The molecule has 0 aliphatic heterocycles. The summed E-state index contributed by atoms with van der Waals surface area (Å²) < 4.78 is 37.2. The van der Waals surface area contributed by atoms with E-state index in [0.717, 1.165) is 18.1 Å². The number of rotatable bonds is 4. The molecule has 1 fully saturated rings. The summed E-state index contributed by atoms with van der Waals surface area (Å²) in [4.78, 5) is 3.46. The van der Waals surface area contributed by atoms with Crippen LogP contribution in [0.2, 0.25) is 0 Å². The van der Waals surface area contributed by atoms with E-state index in [2.05, 4.69) is 22.4 Å². The first-order valence-electron chi connectivity index (χ1n) is 6.84. The third kappa shape index (κ3) is 3.42. The maximum atomic E-state index is 12.4. The largest absolute Gasteiger partial charge is 0.433 e. The van der Waals surface area contributed by atoms with Gasteiger partial charge in [-0.3, -0.25) is 4.98 Å². The lowest BCUT2D eigenvalue weighted by Gasteiger charge is -2.07. The predicted octanol–water partition coefficient (Wildman–Crippen LogP) is 3.75. The highest BCUT2D eigenvalue weighted by atomic mass is 19.4. The Kier molecular flexibility index (Phi) is 3.68. The first-order valence-corrected chi connectivity index (χ1v) is 6.84. The second-order valence-electron chi connectivity index (χ2n) is 5.29. The van der Waals surface area contributed by atoms with Crippen LogP contribution in [0.15, 0.2) is 48.7 Å². The predicted molar refractivity (Wildman–Crippen MR) is 73.7 cm³/mol. The summed E-state index contributed by atoms with van der Waals surface area (Å²) in [6.45, 7) is 0.541. The third-order valence-corrected chi connectivity index (χ3v) is 3.70. The molecule has 2 nitrogen and oxygen atoms in total. The zero-order chi connectivity index (χ0) is 14.9. The molecule has 2 unspecified atom stereocenters. The molecule has 0 spiro atoms. The van der Waals surface area contributed by atoms with Crippen molar-refractivity contribution in [2.24, 2.45) is 0 Å². The van der Waals surface area contributed by atoms with Gasteiger partial charge in [0.1, 0.15) is 5.69 Å². The topological polar surface area (TPSA) is 24.9 Å². The van der Waals surface area contributed by atoms with Crippen molar-refractivity contribution in [3.8, 4) is 0 Å². The average molecular weight is 292 g/mol. The van der Waals surface area contributed by atoms with E-state index in [-0.39, 0.29) is 0 Å². The molecule has 1 aromatic heterocycles. The number of nitrogens with zero attached hydrogens (tertiary/aromatic N) is 1. The van der Waals surface area contributed by atoms with Crippen molar-refractivity contribution in [2.75, 3.05) is 0 Å². The van der Waals surface area contributed by atoms with Gasteiger partial charge < -0.3 is 5.32 Å². The number of aromatic nitrogens is 1. The average Bonchev–Trinajstić information content (AvgIpc) is 3.25. The van der Waals surface area contributed by atoms with Crippen molar-refractivity contribution in [1.82, 2.24) is 10.3 Å². The lowest BCUT2D eigenvalue weighted by Crippen LogP contribution is -2.17. The van der Waals surface area contributed by atoms with Gasteiger partial charge in [0, 0.05) is 24.7 Å². The van der Waals surface area contributed by atoms with Crippen LogP contribution in [0.1, 0.15) is 29.2 Å². The molecule has 5 heteroatoms. The maximum Gasteiger partial charge on any atom is 0.433 e. The van der Waals surface area contributed by atoms with Gasteiger partial charge in [0.15, 0.2) is 0 Å². The lowest BCUT2D eigenvalue weighted by atomic mass is 10.1. The minimum atomic E-state index is -4.37. The molecule has 1 aliphatic carbocycles. The van der Waals surface area contributed by atoms with Crippen molar-refractivity contribution < 1.29 is 13.2 Å². The molecule has 0 amide bonds. The molecule has 0 radical (unpaired) electrons. The van der Waals surface area contributed by atoms with E-state index in [9.17, 15) is 13.2 Å². The van der Waals surface area contributed by atoms with Crippen LogP contribution >= 0.6 is 0 Å². The molecule has 2 atom stereocenters. The first kappa shape index (κ1) is 14.1. The fourth-order valence-electron chi connectivity index (χ4n) is 2.43. The Morgan fingerprint density at radius 2 is 1.86 bits per heavy atom. The molecule has 110 valence electrons. The van der Waals surface area contributed by atoms with Crippen molar-refractivity contribution in [3.05, 3.63) is 65.5 Å². The molecule has 0 saturated heterocycles. The van der Waals surface area contributed by atoms with Gasteiger partial charge in [0.2, 0.25) is 0 Å². The molecular weight excluding hydrogens is 277 g/mol. The highest BCUT2D eigenvalue weighted by Gasteiger charge is 2.37. The van der Waals surface area contributed by atoms with E-state index in [4.69, 9.17) is 0 Å². The molecule has 1 N–H and O–H groups in total. The van der Waals surface area contributed by atoms with Crippen molar-refractivity contribution >= 4 is 0 Å². The molecular formula is C16H15F3N2. The summed E-state index contributed by atoms with van der Waals surface area (Å²) in [5.41, 5.74) is 1.22. The maximum absolute atomic E-state index is 12.4. The van der Waals surface area contributed by atoms with Crippen LogP contribution in [-0.4, -0.2) is 11.0 Å². The number of halogens is 3. The fourth-order valence-corrected chi connectivity index (χ4v) is 2.43. The second-order valence-corrected chi connectivity index (χ2v) is 5.29. The van der Waals surface area contributed by atoms with Crippen LogP contribution in [0, 0.1) is 0 Å². The Bertz CT molecular complexity index is 593. The van der Waals surface area contributed by atoms with Gasteiger partial charge in [0.05, 0.1) is 0 Å². The number of nitrogens with one attached hydrogen (secondary N) is 1. The molecule has 1 aromatic carbocycles. The number of pyridine rings is 1. The molecule has 21 heavy (non-hydrogen) atoms. The van der Waals surface area contributed by atoms with E-state index in [1.807, 2.05) is 18.2 Å². The van der Waals surface area contributed by atoms with Crippen molar-refractivity contribution in [1.29, 1.82) is 0 Å². The van der Waals surface area contributed by atoms with Crippen LogP contribution < -0.4 is 5.32 Å². The molecule has 0 bridgehead atoms. The van der Waals surface area contributed by atoms with Gasteiger partial charge in [-0.1, -0.05) is 36.4 Å². The van der Waals surface area contributed by atoms with Gasteiger partial charge >= 0.3 is 6.18 Å². The third-order valence-electron chi connectivity index (χ3n) is 3.70. The standard InChI is InChI=1S/C16H15F3N2/c17-16(18,19)15-7-6-11(10-21-15)9-20-14-8-13(14)12-4-2-1-3-5-12/h1-7,10,13-14,20H,8-9H2. The molecule has 1 saturated carbocycles. The minimum absolute atomic E-state index is 0.398. The normalized spacial score (nSPS) is 21.3. The van der Waals surface area contributed by atoms with Gasteiger partial charge in [-0.2, -0.15) is 13.2 Å². The van der Waals surface area contributed by atoms with Crippen LogP contribution in [0.3, 0.4) is 0 Å². The number of hydrogen-bond donors (Lipinski definition) is 1. The first-order chi connectivity index (χ1) is 10.0. The van der Waals surface area contributed by atoms with E-state index >= 15 is 0 Å². The zero-order valence-corrected chi connectivity index (χ0v) is 11.3. The van der Waals surface area contributed by atoms with Crippen LogP contribution in [-0.2, 0) is 12.7 Å². The number of hydrogen-bond acceptors (Lipinski definition) is 2. The minimum Gasteiger partial charge on any atom is -0.309 e. The van der Waals surface area contributed by atoms with Gasteiger partial charge in [0.25, 0.3) is 0 Å². The Balaban J connectivity index is 1.53. The lowest BCUT2D eigenvalue weighted by molar-refractivity contribution is -0.141. The van der Waals surface area contributed by atoms with E-state index in [1.54, 1.807) is 0 Å². The zero-order valence-electron chi connectivity index (χ0n) is 11.3. The SMILES string of the molecule is FC(F)(F)c1ccc(CNC2CC2c2ccccc2)cn1. The highest BCUT2D eigenvalue weighted by molar-refractivity contribution is 5.28. The van der Waals surface area contributed by atoms with Crippen LogP contribution in [0.25, 0.3) is 0 Å². The van der Waals surface area contributed by atoms with Gasteiger partial charge in [-0.15, -0.1) is 0 Å². The monoisotopic (exact) mass is 292 g/mol. The van der Waals surface area contributed by atoms with Gasteiger partial charge in [-0.25, -0.2) is 0 Å². The highest BCUT2D eigenvalue weighted by Crippen LogP contribution is 2.40. The van der Waals surface area contributed by atoms with E-state index in [0.29, 0.717) is 18.5 Å². The Labute approximate surface area is 121 Å². The Morgan fingerprint density at radius 3 is 2.48 bits per heavy atom. The van der Waals surface area contributed by atoms with Crippen molar-refractivity contribution in [3.63, 3.8) is 0 Å². The smallest absolute Gasteiger partial charge is 0.309 e. The summed E-state index contributed by atoms with van der Waals surface area (Å²) in [6.07, 6.45) is -2.02. The quantitative estimate of drug-likeness (QED) is 0.928. The second kappa shape index (κ2) is 5.48. The van der Waals surface area contributed by atoms with Crippen LogP contribution in [0.4, 0.5) is 13.2 Å². The molecule has 1 heterocycles. The fraction of sp³-hybridized carbons (Fsp3) is 0.312. The summed E-state index contributed by atoms with van der Waals surface area (Å²) in [5, 5.41) is 3.36. The summed E-state index contributed by atoms with van der Waals surface area (Å²) in [6, 6.07) is 13.1. The summed E-state index contributed by atoms with van der Waals surface area (Å²) in [7, 11) is 0. The number of alkyl halides is 3. The Morgan fingerprint density at radius 1 is 1.10 bits per heavy atom.